The Kier molecular flexibility index (Phi) is 5.24. The lowest BCUT2D eigenvalue weighted by Gasteiger charge is -2.24. The van der Waals surface area contributed by atoms with Crippen molar-refractivity contribution in [3.05, 3.63) is 59.1 Å². The van der Waals surface area contributed by atoms with Gasteiger partial charge in [-0.2, -0.15) is 0 Å². The van der Waals surface area contributed by atoms with Gasteiger partial charge in [0, 0.05) is 22.8 Å². The summed E-state index contributed by atoms with van der Waals surface area (Å²) in [6, 6.07) is 13.4. The molecule has 1 fully saturated rings. The highest BCUT2D eigenvalue weighted by atomic mass is 35.5. The van der Waals surface area contributed by atoms with Crippen molar-refractivity contribution < 1.29 is 14.3 Å². The Morgan fingerprint density at radius 1 is 1.12 bits per heavy atom. The van der Waals surface area contributed by atoms with Crippen LogP contribution < -0.4 is 10.1 Å². The monoisotopic (exact) mass is 358 g/mol. The van der Waals surface area contributed by atoms with Crippen LogP contribution in [0, 0.1) is 0 Å². The number of nitrogens with one attached hydrogen (secondary N) is 1. The number of methoxy groups -OCH3 is 1. The first kappa shape index (κ1) is 17.3. The maximum absolute atomic E-state index is 12.7. The minimum atomic E-state index is -0.467. The zero-order valence-corrected chi connectivity index (χ0v) is 14.6. The summed E-state index contributed by atoms with van der Waals surface area (Å²) in [6.07, 6.45) is 1.46. The Hall–Kier alpha value is -2.53. The summed E-state index contributed by atoms with van der Waals surface area (Å²) >= 11 is 5.85. The first-order valence-corrected chi connectivity index (χ1v) is 8.48. The average molecular weight is 359 g/mol. The van der Waals surface area contributed by atoms with Gasteiger partial charge in [0.25, 0.3) is 5.91 Å². The van der Waals surface area contributed by atoms with Gasteiger partial charge in [0.15, 0.2) is 0 Å². The Morgan fingerprint density at radius 2 is 1.80 bits per heavy atom. The number of hydrogen-bond acceptors (Lipinski definition) is 3. The largest absolute Gasteiger partial charge is 0.497 e. The van der Waals surface area contributed by atoms with Crippen LogP contribution >= 0.6 is 11.6 Å². The van der Waals surface area contributed by atoms with Gasteiger partial charge in [-0.25, -0.2) is 0 Å². The quantitative estimate of drug-likeness (QED) is 0.908. The number of ether oxygens (including phenoxy) is 1. The lowest BCUT2D eigenvalue weighted by atomic mass is 10.1. The van der Waals surface area contributed by atoms with E-state index in [4.69, 9.17) is 16.3 Å². The van der Waals surface area contributed by atoms with Gasteiger partial charge in [0.2, 0.25) is 5.91 Å². The molecule has 0 spiro atoms. The summed E-state index contributed by atoms with van der Waals surface area (Å²) in [5, 5.41) is 3.46. The van der Waals surface area contributed by atoms with E-state index in [0.29, 0.717) is 35.0 Å². The molecule has 1 atom stereocenters. The standard InChI is InChI=1S/C19H19ClN2O3/c1-25-16-10-4-13(5-11-16)19(24)22-12-2-3-17(22)18(23)21-15-8-6-14(20)7-9-15/h4-11,17H,2-3,12H2,1H3,(H,21,23)/t17-/m0/s1. The van der Waals surface area contributed by atoms with Crippen LogP contribution in [0.3, 0.4) is 0 Å². The van der Waals surface area contributed by atoms with Crippen molar-refractivity contribution in [2.24, 2.45) is 0 Å². The summed E-state index contributed by atoms with van der Waals surface area (Å²) in [5.74, 6) is 0.369. The molecule has 0 unspecified atom stereocenters. The van der Waals surface area contributed by atoms with E-state index in [1.165, 1.54) is 0 Å². The molecule has 1 aliphatic heterocycles. The number of carbonyl (C=O) groups is 2. The number of likely N-dealkylation sites (tertiary alicyclic amines) is 1. The molecule has 1 N–H and O–H groups in total. The van der Waals surface area contributed by atoms with Crippen LogP contribution in [0.5, 0.6) is 5.75 Å². The molecule has 130 valence electrons. The molecule has 2 aromatic carbocycles. The predicted octanol–water partition coefficient (Wildman–Crippen LogP) is 3.59. The van der Waals surface area contributed by atoms with Crippen molar-refractivity contribution in [1.29, 1.82) is 0 Å². The number of hydrogen-bond donors (Lipinski definition) is 1. The number of rotatable bonds is 4. The molecule has 0 aromatic heterocycles. The lowest BCUT2D eigenvalue weighted by molar-refractivity contribution is -0.119. The van der Waals surface area contributed by atoms with Gasteiger partial charge in [-0.3, -0.25) is 9.59 Å². The third kappa shape index (κ3) is 3.94. The van der Waals surface area contributed by atoms with Crippen molar-refractivity contribution in [3.8, 4) is 5.75 Å². The molecule has 0 bridgehead atoms. The van der Waals surface area contributed by atoms with Crippen molar-refractivity contribution in [3.63, 3.8) is 0 Å². The van der Waals surface area contributed by atoms with Gasteiger partial charge >= 0.3 is 0 Å². The molecule has 6 heteroatoms. The molecule has 2 aromatic rings. The van der Waals surface area contributed by atoms with E-state index in [-0.39, 0.29) is 11.8 Å². The van der Waals surface area contributed by atoms with Crippen LogP contribution in [0.1, 0.15) is 23.2 Å². The van der Waals surface area contributed by atoms with E-state index in [2.05, 4.69) is 5.32 Å². The molecular weight excluding hydrogens is 340 g/mol. The summed E-state index contributed by atoms with van der Waals surface area (Å²) in [7, 11) is 1.58. The molecule has 3 rings (SSSR count). The lowest BCUT2D eigenvalue weighted by Crippen LogP contribution is -2.43. The number of amides is 2. The maximum Gasteiger partial charge on any atom is 0.254 e. The summed E-state index contributed by atoms with van der Waals surface area (Å²) in [6.45, 7) is 0.573. The average Bonchev–Trinajstić information content (AvgIpc) is 3.13. The molecule has 0 radical (unpaired) electrons. The molecule has 25 heavy (non-hydrogen) atoms. The van der Waals surface area contributed by atoms with E-state index >= 15 is 0 Å². The second-order valence-electron chi connectivity index (χ2n) is 5.88. The maximum atomic E-state index is 12.7. The van der Waals surface area contributed by atoms with Crippen molar-refractivity contribution in [2.45, 2.75) is 18.9 Å². The Bertz CT molecular complexity index is 759. The zero-order valence-electron chi connectivity index (χ0n) is 13.9. The number of carbonyl (C=O) groups excluding carboxylic acids is 2. The van der Waals surface area contributed by atoms with Gasteiger partial charge in [-0.05, 0) is 61.4 Å². The van der Waals surface area contributed by atoms with Crippen molar-refractivity contribution in [1.82, 2.24) is 4.90 Å². The van der Waals surface area contributed by atoms with E-state index < -0.39 is 6.04 Å². The number of halogens is 1. The highest BCUT2D eigenvalue weighted by Crippen LogP contribution is 2.23. The molecule has 0 saturated carbocycles. The molecule has 1 saturated heterocycles. The smallest absolute Gasteiger partial charge is 0.254 e. The van der Waals surface area contributed by atoms with Crippen LogP contribution in [-0.4, -0.2) is 36.4 Å². The van der Waals surface area contributed by atoms with Crippen LogP contribution in [0.4, 0.5) is 5.69 Å². The van der Waals surface area contributed by atoms with Crippen LogP contribution in [0.15, 0.2) is 48.5 Å². The molecule has 1 heterocycles. The molecular formula is C19H19ClN2O3. The fraction of sp³-hybridized carbons (Fsp3) is 0.263. The van der Waals surface area contributed by atoms with Gasteiger partial charge in [0.1, 0.15) is 11.8 Å². The first-order valence-electron chi connectivity index (χ1n) is 8.10. The third-order valence-corrected chi connectivity index (χ3v) is 4.52. The van der Waals surface area contributed by atoms with Crippen LogP contribution in [0.25, 0.3) is 0 Å². The summed E-state index contributed by atoms with van der Waals surface area (Å²) < 4.78 is 5.11. The van der Waals surface area contributed by atoms with Gasteiger partial charge in [-0.1, -0.05) is 11.6 Å². The fourth-order valence-corrected chi connectivity index (χ4v) is 3.07. The number of nitrogens with zero attached hydrogens (tertiary/aromatic N) is 1. The Labute approximate surface area is 151 Å². The van der Waals surface area contributed by atoms with Gasteiger partial charge in [-0.15, -0.1) is 0 Å². The second kappa shape index (κ2) is 7.57. The number of benzene rings is 2. The van der Waals surface area contributed by atoms with E-state index in [1.807, 2.05) is 0 Å². The highest BCUT2D eigenvalue weighted by molar-refractivity contribution is 6.30. The Balaban J connectivity index is 1.71. The number of anilines is 1. The van der Waals surface area contributed by atoms with E-state index in [1.54, 1.807) is 60.5 Å². The fourth-order valence-electron chi connectivity index (χ4n) is 2.94. The molecule has 5 nitrogen and oxygen atoms in total. The third-order valence-electron chi connectivity index (χ3n) is 4.27. The van der Waals surface area contributed by atoms with Crippen LogP contribution in [0.2, 0.25) is 5.02 Å². The molecule has 1 aliphatic rings. The normalized spacial score (nSPS) is 16.6. The Morgan fingerprint density at radius 3 is 2.44 bits per heavy atom. The zero-order chi connectivity index (χ0) is 17.8. The van der Waals surface area contributed by atoms with Crippen molar-refractivity contribution >= 4 is 29.1 Å². The minimum absolute atomic E-state index is 0.142. The molecule has 0 aliphatic carbocycles. The van der Waals surface area contributed by atoms with E-state index in [9.17, 15) is 9.59 Å². The molecule has 2 amide bonds. The first-order chi connectivity index (χ1) is 12.1. The minimum Gasteiger partial charge on any atom is -0.497 e. The van der Waals surface area contributed by atoms with Crippen molar-refractivity contribution in [2.75, 3.05) is 19.0 Å². The predicted molar refractivity (Wildman–Crippen MR) is 97.1 cm³/mol. The second-order valence-corrected chi connectivity index (χ2v) is 6.32. The summed E-state index contributed by atoms with van der Waals surface area (Å²) in [4.78, 5) is 27.0. The topological polar surface area (TPSA) is 58.6 Å². The van der Waals surface area contributed by atoms with E-state index in [0.717, 1.165) is 6.42 Å². The SMILES string of the molecule is COc1ccc(C(=O)N2CCC[C@H]2C(=O)Nc2ccc(Cl)cc2)cc1. The van der Waals surface area contributed by atoms with Gasteiger partial charge < -0.3 is 15.0 Å². The van der Waals surface area contributed by atoms with Crippen LogP contribution in [-0.2, 0) is 4.79 Å². The summed E-state index contributed by atoms with van der Waals surface area (Å²) in [5.41, 5.74) is 1.21. The van der Waals surface area contributed by atoms with Gasteiger partial charge in [0.05, 0.1) is 7.11 Å². The highest BCUT2D eigenvalue weighted by Gasteiger charge is 2.34.